The van der Waals surface area contributed by atoms with Gasteiger partial charge in [0.1, 0.15) is 0 Å². The predicted molar refractivity (Wildman–Crippen MR) is 68.5 cm³/mol. The lowest BCUT2D eigenvalue weighted by Gasteiger charge is -2.06. The van der Waals surface area contributed by atoms with Gasteiger partial charge < -0.3 is 15.8 Å². The van der Waals surface area contributed by atoms with Gasteiger partial charge in [0, 0.05) is 12.7 Å². The van der Waals surface area contributed by atoms with Crippen LogP contribution in [0.25, 0.3) is 0 Å². The van der Waals surface area contributed by atoms with Crippen LogP contribution < -0.4 is 15.8 Å². The molecular weight excluding hydrogens is 238 g/mol. The van der Waals surface area contributed by atoms with Gasteiger partial charge in [-0.1, -0.05) is 0 Å². The van der Waals surface area contributed by atoms with Crippen molar-refractivity contribution in [2.24, 2.45) is 0 Å². The summed E-state index contributed by atoms with van der Waals surface area (Å²) in [5.74, 6) is 1.04. The van der Waals surface area contributed by atoms with Gasteiger partial charge >= 0.3 is 0 Å². The topological polar surface area (TPSA) is 78.0 Å². The monoisotopic (exact) mass is 253 g/mol. The Morgan fingerprint density at radius 2 is 2.41 bits per heavy atom. The molecule has 0 aromatic carbocycles. The zero-order valence-electron chi connectivity index (χ0n) is 9.80. The smallest absolute Gasteiger partial charge is 0.197 e. The molecular formula is C10H15N5OS. The van der Waals surface area contributed by atoms with Crippen molar-refractivity contribution in [3.63, 3.8) is 0 Å². The summed E-state index contributed by atoms with van der Waals surface area (Å²) in [7, 11) is 1.59. The second-order valence-corrected chi connectivity index (χ2v) is 4.41. The molecule has 3 N–H and O–H groups in total. The van der Waals surface area contributed by atoms with Crippen LogP contribution in [-0.2, 0) is 6.54 Å². The highest BCUT2D eigenvalue weighted by Gasteiger charge is 2.10. The number of aromatic nitrogens is 3. The van der Waals surface area contributed by atoms with Crippen LogP contribution in [0.5, 0.6) is 5.75 Å². The van der Waals surface area contributed by atoms with Gasteiger partial charge in [-0.15, -0.1) is 0 Å². The van der Waals surface area contributed by atoms with E-state index in [2.05, 4.69) is 14.8 Å². The molecule has 2 aromatic heterocycles. The van der Waals surface area contributed by atoms with Crippen molar-refractivity contribution in [2.45, 2.75) is 13.5 Å². The molecule has 2 heterocycles. The van der Waals surface area contributed by atoms with E-state index in [9.17, 15) is 0 Å². The molecule has 7 heteroatoms. The van der Waals surface area contributed by atoms with Crippen LogP contribution in [0.2, 0.25) is 0 Å². The summed E-state index contributed by atoms with van der Waals surface area (Å²) in [5.41, 5.74) is 6.81. The molecule has 0 saturated heterocycles. The lowest BCUT2D eigenvalue weighted by molar-refractivity contribution is 0.419. The van der Waals surface area contributed by atoms with Crippen molar-refractivity contribution in [1.29, 1.82) is 0 Å². The second-order valence-electron chi connectivity index (χ2n) is 3.64. The minimum absolute atomic E-state index is 0.426. The maximum absolute atomic E-state index is 5.65. The molecule has 0 bridgehead atoms. The third kappa shape index (κ3) is 2.68. The molecule has 0 spiro atoms. The fraction of sp³-hybridized carbons (Fsp3) is 0.400. The summed E-state index contributed by atoms with van der Waals surface area (Å²) in [5, 5.41) is 8.29. The first-order valence-electron chi connectivity index (χ1n) is 5.22. The number of aryl methyl sites for hydroxylation is 1. The van der Waals surface area contributed by atoms with E-state index < -0.39 is 0 Å². The van der Waals surface area contributed by atoms with E-state index in [0.717, 1.165) is 23.7 Å². The zero-order chi connectivity index (χ0) is 12.3. The van der Waals surface area contributed by atoms with Crippen LogP contribution in [-0.4, -0.2) is 27.8 Å². The molecule has 0 unspecified atom stereocenters. The van der Waals surface area contributed by atoms with Crippen LogP contribution in [0, 0.1) is 6.92 Å². The number of anilines is 2. The lowest BCUT2D eigenvalue weighted by Crippen LogP contribution is -2.10. The number of ether oxygens (including phenoxy) is 1. The highest BCUT2D eigenvalue weighted by Crippen LogP contribution is 2.34. The molecule has 0 fully saturated rings. The van der Waals surface area contributed by atoms with E-state index in [0.29, 0.717) is 11.6 Å². The number of nitrogens with one attached hydrogen (secondary N) is 1. The van der Waals surface area contributed by atoms with Crippen molar-refractivity contribution < 1.29 is 4.74 Å². The van der Waals surface area contributed by atoms with E-state index in [4.69, 9.17) is 10.5 Å². The normalized spacial score (nSPS) is 10.5. The molecule has 0 radical (unpaired) electrons. The largest absolute Gasteiger partial charge is 0.490 e. The first-order valence-corrected chi connectivity index (χ1v) is 6.00. The predicted octanol–water partition coefficient (Wildman–Crippen LogP) is 1.35. The summed E-state index contributed by atoms with van der Waals surface area (Å²) in [6.07, 6.45) is 3.84. The zero-order valence-corrected chi connectivity index (χ0v) is 10.6. The number of nitrogen functional groups attached to an aromatic ring is 1. The molecule has 0 aliphatic heterocycles. The Kier molecular flexibility index (Phi) is 3.48. The molecule has 92 valence electrons. The quantitative estimate of drug-likeness (QED) is 0.841. The van der Waals surface area contributed by atoms with Gasteiger partial charge in [0.15, 0.2) is 16.6 Å². The molecule has 0 aliphatic rings. The van der Waals surface area contributed by atoms with E-state index in [-0.39, 0.29) is 0 Å². The Hall–Kier alpha value is -1.76. The molecule has 17 heavy (non-hydrogen) atoms. The highest BCUT2D eigenvalue weighted by molar-refractivity contribution is 7.11. The van der Waals surface area contributed by atoms with E-state index in [1.807, 2.05) is 24.0 Å². The Morgan fingerprint density at radius 3 is 3.06 bits per heavy atom. The number of nitrogens with two attached hydrogens (primary N) is 1. The van der Waals surface area contributed by atoms with Gasteiger partial charge in [-0.3, -0.25) is 4.68 Å². The number of rotatable bonds is 5. The average molecular weight is 253 g/mol. The van der Waals surface area contributed by atoms with Gasteiger partial charge in [0.25, 0.3) is 0 Å². The van der Waals surface area contributed by atoms with Crippen LogP contribution in [0.3, 0.4) is 0 Å². The third-order valence-corrected chi connectivity index (χ3v) is 3.07. The van der Waals surface area contributed by atoms with Gasteiger partial charge in [0.2, 0.25) is 0 Å². The summed E-state index contributed by atoms with van der Waals surface area (Å²) < 4.78 is 11.1. The number of hydrogen-bond donors (Lipinski definition) is 2. The first-order chi connectivity index (χ1) is 8.20. The highest BCUT2D eigenvalue weighted by atomic mass is 32.1. The minimum atomic E-state index is 0.426. The SMILES string of the molecule is COc1c(N)nsc1NCCn1cc(C)cn1. The van der Waals surface area contributed by atoms with Crippen molar-refractivity contribution >= 4 is 22.4 Å². The lowest BCUT2D eigenvalue weighted by atomic mass is 10.4. The molecule has 2 aromatic rings. The van der Waals surface area contributed by atoms with Crippen molar-refractivity contribution in [3.05, 3.63) is 18.0 Å². The molecule has 2 rings (SSSR count). The maximum atomic E-state index is 5.65. The standard InChI is InChI=1S/C10H15N5OS/c1-7-5-13-15(6-7)4-3-12-10-8(16-2)9(11)14-17-10/h5-6,12H,3-4H2,1-2H3,(H2,11,14). The second kappa shape index (κ2) is 5.05. The summed E-state index contributed by atoms with van der Waals surface area (Å²) in [6.45, 7) is 3.55. The van der Waals surface area contributed by atoms with Crippen molar-refractivity contribution in [2.75, 3.05) is 24.7 Å². The van der Waals surface area contributed by atoms with Crippen LogP contribution in [0.4, 0.5) is 10.8 Å². The Bertz CT molecular complexity index is 493. The van der Waals surface area contributed by atoms with E-state index >= 15 is 0 Å². The van der Waals surface area contributed by atoms with Gasteiger partial charge in [0.05, 0.1) is 19.9 Å². The maximum Gasteiger partial charge on any atom is 0.197 e. The Morgan fingerprint density at radius 1 is 1.59 bits per heavy atom. The number of methoxy groups -OCH3 is 1. The number of hydrogen-bond acceptors (Lipinski definition) is 6. The van der Waals surface area contributed by atoms with E-state index in [1.54, 1.807) is 7.11 Å². The number of nitrogens with zero attached hydrogens (tertiary/aromatic N) is 3. The average Bonchev–Trinajstić information content (AvgIpc) is 2.86. The molecule has 0 aliphatic carbocycles. The van der Waals surface area contributed by atoms with Gasteiger partial charge in [-0.05, 0) is 24.0 Å². The van der Waals surface area contributed by atoms with Crippen molar-refractivity contribution in [3.8, 4) is 5.75 Å². The molecule has 0 amide bonds. The summed E-state index contributed by atoms with van der Waals surface area (Å²) >= 11 is 1.30. The summed E-state index contributed by atoms with van der Waals surface area (Å²) in [4.78, 5) is 0. The third-order valence-electron chi connectivity index (χ3n) is 2.27. The minimum Gasteiger partial charge on any atom is -0.490 e. The fourth-order valence-corrected chi connectivity index (χ4v) is 2.19. The van der Waals surface area contributed by atoms with Crippen molar-refractivity contribution in [1.82, 2.24) is 14.2 Å². The Labute approximate surface area is 104 Å². The molecule has 0 saturated carbocycles. The van der Waals surface area contributed by atoms with Crippen LogP contribution in [0.15, 0.2) is 12.4 Å². The van der Waals surface area contributed by atoms with E-state index in [1.165, 1.54) is 11.5 Å². The fourth-order valence-electron chi connectivity index (χ4n) is 1.48. The Balaban J connectivity index is 1.89. The van der Waals surface area contributed by atoms with Gasteiger partial charge in [-0.2, -0.15) is 9.47 Å². The van der Waals surface area contributed by atoms with Gasteiger partial charge in [-0.25, -0.2) is 0 Å². The summed E-state index contributed by atoms with van der Waals surface area (Å²) in [6, 6.07) is 0. The van der Waals surface area contributed by atoms with Crippen LogP contribution in [0.1, 0.15) is 5.56 Å². The molecule has 6 nitrogen and oxygen atoms in total. The molecule has 0 atom stereocenters. The first kappa shape index (κ1) is 11.7. The van der Waals surface area contributed by atoms with Crippen LogP contribution >= 0.6 is 11.5 Å².